The number of nitrogens with one attached hydrogen (secondary N) is 2. The fourth-order valence-electron chi connectivity index (χ4n) is 3.04. The van der Waals surface area contributed by atoms with E-state index in [0.717, 1.165) is 11.4 Å². The highest BCUT2D eigenvalue weighted by Gasteiger charge is 2.53. The second kappa shape index (κ2) is 3.72. The monoisotopic (exact) mass is 270 g/mol. The summed E-state index contributed by atoms with van der Waals surface area (Å²) in [6.07, 6.45) is 0. The zero-order valence-corrected chi connectivity index (χ0v) is 12.1. The number of carbonyl (C=O) groups is 2. The van der Waals surface area contributed by atoms with Crippen molar-refractivity contribution in [1.82, 2.24) is 0 Å². The summed E-state index contributed by atoms with van der Waals surface area (Å²) in [7, 11) is 0. The standard InChI is InChI=1S/C16H18N2O2/c1-15(2)12-11(13(19)16(3,4)14(15)20)17-9-7-5-6-8-10(9)18-12/h5-8,17-18H,1-4H3. The molecule has 1 aliphatic carbocycles. The average Bonchev–Trinajstić information content (AvgIpc) is 2.42. The lowest BCUT2D eigenvalue weighted by atomic mass is 9.64. The fraction of sp³-hybridized carbons (Fsp3) is 0.375. The molecule has 0 bridgehead atoms. The van der Waals surface area contributed by atoms with Crippen LogP contribution in [0.1, 0.15) is 27.7 Å². The Hall–Kier alpha value is -2.10. The largest absolute Gasteiger partial charge is 0.355 e. The summed E-state index contributed by atoms with van der Waals surface area (Å²) in [5.74, 6) is -0.207. The van der Waals surface area contributed by atoms with Crippen LogP contribution in [-0.4, -0.2) is 11.6 Å². The Morgan fingerprint density at radius 1 is 0.850 bits per heavy atom. The van der Waals surface area contributed by atoms with Gasteiger partial charge in [0.05, 0.1) is 27.9 Å². The average molecular weight is 270 g/mol. The minimum absolute atomic E-state index is 0.0533. The van der Waals surface area contributed by atoms with E-state index in [0.29, 0.717) is 11.4 Å². The number of carbonyl (C=O) groups excluding carboxylic acids is 2. The van der Waals surface area contributed by atoms with Crippen molar-refractivity contribution in [3.05, 3.63) is 35.7 Å². The molecular formula is C16H18N2O2. The topological polar surface area (TPSA) is 58.2 Å². The maximum Gasteiger partial charge on any atom is 0.193 e. The van der Waals surface area contributed by atoms with Crippen LogP contribution < -0.4 is 10.6 Å². The Bertz CT molecular complexity index is 669. The molecule has 0 spiro atoms. The second-order valence-electron chi connectivity index (χ2n) is 6.45. The van der Waals surface area contributed by atoms with Gasteiger partial charge in [0.25, 0.3) is 0 Å². The van der Waals surface area contributed by atoms with E-state index < -0.39 is 10.8 Å². The lowest BCUT2D eigenvalue weighted by Crippen LogP contribution is -2.52. The van der Waals surface area contributed by atoms with E-state index in [9.17, 15) is 9.59 Å². The highest BCUT2D eigenvalue weighted by Crippen LogP contribution is 2.47. The van der Waals surface area contributed by atoms with Gasteiger partial charge in [-0.15, -0.1) is 0 Å². The Morgan fingerprint density at radius 2 is 1.40 bits per heavy atom. The van der Waals surface area contributed by atoms with Crippen molar-refractivity contribution < 1.29 is 9.59 Å². The number of Topliss-reactive ketones (excluding diaryl/α,β-unsaturated/α-hetero) is 2. The molecule has 4 heteroatoms. The van der Waals surface area contributed by atoms with Crippen LogP contribution in [0.2, 0.25) is 0 Å². The lowest BCUT2D eigenvalue weighted by molar-refractivity contribution is -0.142. The van der Waals surface area contributed by atoms with E-state index in [1.165, 1.54) is 0 Å². The molecule has 0 saturated heterocycles. The van der Waals surface area contributed by atoms with Crippen LogP contribution in [0.5, 0.6) is 0 Å². The van der Waals surface area contributed by atoms with Gasteiger partial charge >= 0.3 is 0 Å². The molecule has 1 aliphatic heterocycles. The van der Waals surface area contributed by atoms with Crippen LogP contribution in [0.25, 0.3) is 0 Å². The number of ketones is 2. The van der Waals surface area contributed by atoms with Crippen LogP contribution in [-0.2, 0) is 9.59 Å². The molecule has 0 fully saturated rings. The van der Waals surface area contributed by atoms with Gasteiger partial charge in [-0.25, -0.2) is 0 Å². The van der Waals surface area contributed by atoms with Gasteiger partial charge in [-0.1, -0.05) is 12.1 Å². The first-order chi connectivity index (χ1) is 9.26. The summed E-state index contributed by atoms with van der Waals surface area (Å²) < 4.78 is 0. The molecule has 3 rings (SSSR count). The number of hydrogen-bond acceptors (Lipinski definition) is 4. The number of rotatable bonds is 0. The van der Waals surface area contributed by atoms with Crippen molar-refractivity contribution >= 4 is 22.9 Å². The molecule has 1 heterocycles. The minimum atomic E-state index is -0.997. The van der Waals surface area contributed by atoms with Crippen molar-refractivity contribution in [2.24, 2.45) is 10.8 Å². The fourth-order valence-corrected chi connectivity index (χ4v) is 3.04. The number of benzene rings is 1. The molecule has 0 saturated carbocycles. The third kappa shape index (κ3) is 1.48. The molecule has 4 nitrogen and oxygen atoms in total. The third-order valence-electron chi connectivity index (χ3n) is 4.25. The van der Waals surface area contributed by atoms with Gasteiger partial charge in [0.2, 0.25) is 0 Å². The maximum atomic E-state index is 12.6. The lowest BCUT2D eigenvalue weighted by Gasteiger charge is -2.43. The van der Waals surface area contributed by atoms with E-state index >= 15 is 0 Å². The van der Waals surface area contributed by atoms with Crippen LogP contribution >= 0.6 is 0 Å². The Morgan fingerprint density at radius 3 is 2.00 bits per heavy atom. The predicted octanol–water partition coefficient (Wildman–Crippen LogP) is 2.94. The van der Waals surface area contributed by atoms with Crippen molar-refractivity contribution in [2.45, 2.75) is 27.7 Å². The quantitative estimate of drug-likeness (QED) is 0.712. The minimum Gasteiger partial charge on any atom is -0.355 e. The first-order valence-electron chi connectivity index (χ1n) is 6.74. The second-order valence-corrected chi connectivity index (χ2v) is 6.45. The SMILES string of the molecule is CC1(C)C(=O)C2=C(Nc3ccccc3N2)C(C)(C)C1=O. The normalized spacial score (nSPS) is 22.6. The summed E-state index contributed by atoms with van der Waals surface area (Å²) in [6, 6.07) is 7.67. The molecular weight excluding hydrogens is 252 g/mol. The molecule has 0 aromatic heterocycles. The third-order valence-corrected chi connectivity index (χ3v) is 4.25. The highest BCUT2D eigenvalue weighted by molar-refractivity contribution is 6.21. The highest BCUT2D eigenvalue weighted by atomic mass is 16.2. The molecule has 0 radical (unpaired) electrons. The number of fused-ring (bicyclic) bond motifs is 1. The van der Waals surface area contributed by atoms with Crippen LogP contribution in [0.4, 0.5) is 11.4 Å². The van der Waals surface area contributed by atoms with Crippen LogP contribution in [0.3, 0.4) is 0 Å². The zero-order chi connectivity index (χ0) is 14.7. The number of allylic oxidation sites excluding steroid dienone is 2. The van der Waals surface area contributed by atoms with E-state index in [2.05, 4.69) is 10.6 Å². The predicted molar refractivity (Wildman–Crippen MR) is 78.3 cm³/mol. The number of anilines is 2. The molecule has 2 N–H and O–H groups in total. The van der Waals surface area contributed by atoms with Gasteiger partial charge in [-0.3, -0.25) is 9.59 Å². The van der Waals surface area contributed by atoms with E-state index in [-0.39, 0.29) is 11.6 Å². The molecule has 20 heavy (non-hydrogen) atoms. The smallest absolute Gasteiger partial charge is 0.193 e. The van der Waals surface area contributed by atoms with Gasteiger partial charge in [-0.05, 0) is 39.8 Å². The first kappa shape index (κ1) is 12.9. The summed E-state index contributed by atoms with van der Waals surface area (Å²) >= 11 is 0. The van der Waals surface area contributed by atoms with E-state index in [4.69, 9.17) is 0 Å². The van der Waals surface area contributed by atoms with E-state index in [1.54, 1.807) is 13.8 Å². The van der Waals surface area contributed by atoms with E-state index in [1.807, 2.05) is 38.1 Å². The van der Waals surface area contributed by atoms with Crippen molar-refractivity contribution in [3.8, 4) is 0 Å². The Labute approximate surface area is 118 Å². The molecule has 1 aromatic carbocycles. The molecule has 0 unspecified atom stereocenters. The summed E-state index contributed by atoms with van der Waals surface area (Å²) in [4.78, 5) is 25.2. The number of hydrogen-bond donors (Lipinski definition) is 2. The molecule has 0 atom stereocenters. The van der Waals surface area contributed by atoms with Gasteiger partial charge in [0.1, 0.15) is 5.70 Å². The Kier molecular flexibility index (Phi) is 2.40. The number of para-hydroxylation sites is 2. The maximum absolute atomic E-state index is 12.6. The summed E-state index contributed by atoms with van der Waals surface area (Å²) in [6.45, 7) is 7.12. The van der Waals surface area contributed by atoms with Crippen molar-refractivity contribution in [1.29, 1.82) is 0 Å². The van der Waals surface area contributed by atoms with Gasteiger partial charge in [0.15, 0.2) is 11.6 Å². The Balaban J connectivity index is 2.20. The summed E-state index contributed by atoms with van der Waals surface area (Å²) in [5.41, 5.74) is 1.22. The van der Waals surface area contributed by atoms with Crippen molar-refractivity contribution in [3.63, 3.8) is 0 Å². The zero-order valence-electron chi connectivity index (χ0n) is 12.1. The van der Waals surface area contributed by atoms with Gasteiger partial charge in [-0.2, -0.15) is 0 Å². The van der Waals surface area contributed by atoms with Crippen LogP contribution in [0.15, 0.2) is 35.7 Å². The molecule has 1 aromatic rings. The van der Waals surface area contributed by atoms with Gasteiger partial charge in [0, 0.05) is 0 Å². The molecule has 2 aliphatic rings. The summed E-state index contributed by atoms with van der Waals surface area (Å²) in [5, 5.41) is 6.46. The molecule has 0 amide bonds. The van der Waals surface area contributed by atoms with Gasteiger partial charge < -0.3 is 10.6 Å². The first-order valence-corrected chi connectivity index (χ1v) is 6.74. The molecule has 104 valence electrons. The van der Waals surface area contributed by atoms with Crippen LogP contribution in [0, 0.1) is 10.8 Å². The van der Waals surface area contributed by atoms with Crippen molar-refractivity contribution in [2.75, 3.05) is 10.6 Å².